The highest BCUT2D eigenvalue weighted by Gasteiger charge is 2.17. The van der Waals surface area contributed by atoms with Crippen LogP contribution in [-0.4, -0.2) is 48.7 Å². The number of amidine groups is 1. The van der Waals surface area contributed by atoms with Gasteiger partial charge in [0, 0.05) is 32.2 Å². The first-order chi connectivity index (χ1) is 9.99. The van der Waals surface area contributed by atoms with E-state index in [0.29, 0.717) is 13.2 Å². The first kappa shape index (κ1) is 17.2. The van der Waals surface area contributed by atoms with E-state index in [0.717, 1.165) is 6.07 Å². The fourth-order valence-corrected chi connectivity index (χ4v) is 1.81. The van der Waals surface area contributed by atoms with E-state index in [4.69, 9.17) is 27.3 Å². The van der Waals surface area contributed by atoms with Crippen molar-refractivity contribution in [2.24, 2.45) is 10.9 Å². The van der Waals surface area contributed by atoms with Gasteiger partial charge >= 0.3 is 0 Å². The van der Waals surface area contributed by atoms with Gasteiger partial charge < -0.3 is 20.6 Å². The van der Waals surface area contributed by atoms with Gasteiger partial charge in [-0.25, -0.2) is 4.39 Å². The Bertz CT molecular complexity index is 525. The van der Waals surface area contributed by atoms with Crippen LogP contribution in [0.2, 0.25) is 5.02 Å². The molecule has 116 valence electrons. The van der Waals surface area contributed by atoms with E-state index < -0.39 is 5.82 Å². The Morgan fingerprint density at radius 1 is 1.52 bits per heavy atom. The molecule has 0 fully saturated rings. The zero-order chi connectivity index (χ0) is 15.8. The summed E-state index contributed by atoms with van der Waals surface area (Å²) in [5.74, 6) is -0.907. The average molecular weight is 318 g/mol. The number of benzene rings is 1. The van der Waals surface area contributed by atoms with E-state index in [1.165, 1.54) is 24.1 Å². The molecule has 3 N–H and O–H groups in total. The van der Waals surface area contributed by atoms with Crippen molar-refractivity contribution >= 4 is 23.3 Å². The van der Waals surface area contributed by atoms with Crippen LogP contribution in [0.15, 0.2) is 23.4 Å². The molecule has 0 saturated carbocycles. The summed E-state index contributed by atoms with van der Waals surface area (Å²) < 4.78 is 18.1. The molecule has 1 rings (SSSR count). The van der Waals surface area contributed by atoms with Crippen molar-refractivity contribution in [3.63, 3.8) is 0 Å². The van der Waals surface area contributed by atoms with Gasteiger partial charge in [-0.2, -0.15) is 0 Å². The highest BCUT2D eigenvalue weighted by Crippen LogP contribution is 2.17. The third-order valence-electron chi connectivity index (χ3n) is 2.79. The Morgan fingerprint density at radius 3 is 2.81 bits per heavy atom. The summed E-state index contributed by atoms with van der Waals surface area (Å²) in [4.78, 5) is 13.8. The molecule has 0 radical (unpaired) electrons. The van der Waals surface area contributed by atoms with Gasteiger partial charge in [-0.1, -0.05) is 16.8 Å². The van der Waals surface area contributed by atoms with Crippen LogP contribution in [0.4, 0.5) is 4.39 Å². The minimum atomic E-state index is -0.590. The molecule has 1 aromatic carbocycles. The summed E-state index contributed by atoms with van der Waals surface area (Å²) in [7, 11) is 1.51. The van der Waals surface area contributed by atoms with Crippen molar-refractivity contribution in [3.8, 4) is 0 Å². The number of methoxy groups -OCH3 is 1. The normalized spacial score (nSPS) is 11.5. The maximum atomic E-state index is 13.1. The first-order valence-corrected chi connectivity index (χ1v) is 6.57. The van der Waals surface area contributed by atoms with E-state index in [-0.39, 0.29) is 35.3 Å². The molecule has 8 heteroatoms. The molecule has 0 saturated heterocycles. The average Bonchev–Trinajstić information content (AvgIpc) is 2.49. The number of nitrogens with two attached hydrogens (primary N) is 1. The number of carbonyl (C=O) groups excluding carboxylic acids is 1. The van der Waals surface area contributed by atoms with Crippen LogP contribution in [-0.2, 0) is 4.74 Å². The maximum Gasteiger partial charge on any atom is 0.253 e. The highest BCUT2D eigenvalue weighted by atomic mass is 35.5. The second kappa shape index (κ2) is 8.43. The van der Waals surface area contributed by atoms with Crippen molar-refractivity contribution in [1.82, 2.24) is 4.90 Å². The van der Waals surface area contributed by atoms with Gasteiger partial charge in [0.1, 0.15) is 11.7 Å². The van der Waals surface area contributed by atoms with Crippen LogP contribution in [0.5, 0.6) is 0 Å². The monoisotopic (exact) mass is 317 g/mol. The lowest BCUT2D eigenvalue weighted by molar-refractivity contribution is 0.0700. The van der Waals surface area contributed by atoms with Gasteiger partial charge in [0.15, 0.2) is 0 Å². The Labute approximate surface area is 126 Å². The largest absolute Gasteiger partial charge is 0.409 e. The number of nitrogens with zero attached hydrogens (tertiary/aromatic N) is 2. The zero-order valence-electron chi connectivity index (χ0n) is 11.6. The molecule has 0 aliphatic heterocycles. The van der Waals surface area contributed by atoms with Gasteiger partial charge in [-0.05, 0) is 18.2 Å². The van der Waals surface area contributed by atoms with Crippen LogP contribution in [0.1, 0.15) is 16.8 Å². The molecule has 0 aliphatic carbocycles. The number of hydrogen-bond donors (Lipinski definition) is 2. The molecule has 0 atom stereocenters. The van der Waals surface area contributed by atoms with E-state index in [1.807, 2.05) is 0 Å². The zero-order valence-corrected chi connectivity index (χ0v) is 12.3. The Morgan fingerprint density at radius 2 is 2.24 bits per heavy atom. The molecule has 0 heterocycles. The summed E-state index contributed by atoms with van der Waals surface area (Å²) in [5.41, 5.74) is 5.65. The fourth-order valence-electron chi connectivity index (χ4n) is 1.63. The van der Waals surface area contributed by atoms with Crippen LogP contribution in [0.3, 0.4) is 0 Å². The lowest BCUT2D eigenvalue weighted by atomic mass is 10.2. The summed E-state index contributed by atoms with van der Waals surface area (Å²) in [5, 5.41) is 11.3. The molecule has 21 heavy (non-hydrogen) atoms. The van der Waals surface area contributed by atoms with Crippen LogP contribution < -0.4 is 5.73 Å². The molecule has 0 spiro atoms. The number of carbonyl (C=O) groups is 1. The SMILES string of the molecule is COCCN(CC/C(N)=N/O)C(=O)c1ccc(F)c(Cl)c1. The third-order valence-corrected chi connectivity index (χ3v) is 3.08. The summed E-state index contributed by atoms with van der Waals surface area (Å²) >= 11 is 5.67. The van der Waals surface area contributed by atoms with Crippen LogP contribution >= 0.6 is 11.6 Å². The third kappa shape index (κ3) is 5.20. The highest BCUT2D eigenvalue weighted by molar-refractivity contribution is 6.31. The topological polar surface area (TPSA) is 88.2 Å². The van der Waals surface area contributed by atoms with Crippen molar-refractivity contribution in [2.75, 3.05) is 26.8 Å². The van der Waals surface area contributed by atoms with E-state index in [9.17, 15) is 9.18 Å². The molecular formula is C13H17ClFN3O3. The minimum Gasteiger partial charge on any atom is -0.409 e. The van der Waals surface area contributed by atoms with Crippen molar-refractivity contribution < 1.29 is 19.1 Å². The Hall–Kier alpha value is -1.86. The molecule has 1 aromatic rings. The molecule has 6 nitrogen and oxygen atoms in total. The maximum absolute atomic E-state index is 13.1. The summed E-state index contributed by atoms with van der Waals surface area (Å²) in [6, 6.07) is 3.75. The number of hydrogen-bond acceptors (Lipinski definition) is 4. The number of oxime groups is 1. The number of amides is 1. The first-order valence-electron chi connectivity index (χ1n) is 6.19. The predicted molar refractivity (Wildman–Crippen MR) is 77.2 cm³/mol. The van der Waals surface area contributed by atoms with E-state index in [2.05, 4.69) is 5.16 Å². The van der Waals surface area contributed by atoms with Gasteiger partial charge in [0.25, 0.3) is 5.91 Å². The lowest BCUT2D eigenvalue weighted by Crippen LogP contribution is -2.36. The van der Waals surface area contributed by atoms with Gasteiger partial charge in [0.05, 0.1) is 11.6 Å². The standard InChI is InChI=1S/C13H17ClFN3O3/c1-21-7-6-18(5-4-12(16)17-20)13(19)9-2-3-11(15)10(14)8-9/h2-3,8,20H,4-7H2,1H3,(H2,16,17). The molecule has 1 amide bonds. The minimum absolute atomic E-state index is 0.0161. The number of ether oxygens (including phenoxy) is 1. The Balaban J connectivity index is 2.84. The fraction of sp³-hybridized carbons (Fsp3) is 0.385. The second-order valence-corrected chi connectivity index (χ2v) is 4.66. The van der Waals surface area contributed by atoms with Crippen molar-refractivity contribution in [1.29, 1.82) is 0 Å². The summed E-state index contributed by atoms with van der Waals surface area (Å²) in [6.07, 6.45) is 0.209. The molecule has 0 aromatic heterocycles. The van der Waals surface area contributed by atoms with Gasteiger partial charge in [-0.3, -0.25) is 4.79 Å². The van der Waals surface area contributed by atoms with E-state index in [1.54, 1.807) is 0 Å². The predicted octanol–water partition coefficient (Wildman–Crippen LogP) is 1.70. The van der Waals surface area contributed by atoms with Crippen LogP contribution in [0, 0.1) is 5.82 Å². The second-order valence-electron chi connectivity index (χ2n) is 4.26. The lowest BCUT2D eigenvalue weighted by Gasteiger charge is -2.22. The molecular weight excluding hydrogens is 301 g/mol. The van der Waals surface area contributed by atoms with Crippen molar-refractivity contribution in [2.45, 2.75) is 6.42 Å². The van der Waals surface area contributed by atoms with Crippen LogP contribution in [0.25, 0.3) is 0 Å². The summed E-state index contributed by atoms with van der Waals surface area (Å²) in [6.45, 7) is 0.896. The van der Waals surface area contributed by atoms with Crippen molar-refractivity contribution in [3.05, 3.63) is 34.6 Å². The Kier molecular flexibility index (Phi) is 6.90. The molecule has 0 bridgehead atoms. The molecule has 0 unspecified atom stereocenters. The van der Waals surface area contributed by atoms with E-state index >= 15 is 0 Å². The molecule has 0 aliphatic rings. The number of halogens is 2. The van der Waals surface area contributed by atoms with Gasteiger partial charge in [-0.15, -0.1) is 0 Å². The van der Waals surface area contributed by atoms with Gasteiger partial charge in [0.2, 0.25) is 0 Å². The smallest absolute Gasteiger partial charge is 0.253 e. The quantitative estimate of drug-likeness (QED) is 0.347. The number of rotatable bonds is 7.